The molecule has 1 aromatic carbocycles. The van der Waals surface area contributed by atoms with Gasteiger partial charge in [-0.1, -0.05) is 44.2 Å². The molecular weight excluding hydrogens is 390 g/mol. The summed E-state index contributed by atoms with van der Waals surface area (Å²) in [5.74, 6) is 0.882. The highest BCUT2D eigenvalue weighted by atomic mass is 32.1. The summed E-state index contributed by atoms with van der Waals surface area (Å²) in [4.78, 5) is 22.8. The van der Waals surface area contributed by atoms with Gasteiger partial charge in [-0.3, -0.25) is 4.79 Å². The molecule has 0 fully saturated rings. The number of thiazole rings is 2. The van der Waals surface area contributed by atoms with Crippen molar-refractivity contribution in [2.24, 2.45) is 0 Å². The van der Waals surface area contributed by atoms with Crippen molar-refractivity contribution >= 4 is 28.6 Å². The Kier molecular flexibility index (Phi) is 5.36. The monoisotopic (exact) mass is 409 g/mol. The molecule has 4 aromatic rings. The molecule has 142 valence electrons. The molecule has 0 aliphatic carbocycles. The van der Waals surface area contributed by atoms with Gasteiger partial charge >= 0.3 is 0 Å². The molecule has 0 saturated carbocycles. The van der Waals surface area contributed by atoms with Gasteiger partial charge in [0.25, 0.3) is 5.91 Å². The van der Waals surface area contributed by atoms with Crippen molar-refractivity contribution < 1.29 is 9.21 Å². The van der Waals surface area contributed by atoms with Crippen LogP contribution in [0.4, 0.5) is 0 Å². The molecule has 4 rings (SSSR count). The lowest BCUT2D eigenvalue weighted by atomic mass is 10.1. The number of nitrogens with zero attached hydrogens (tertiary/aromatic N) is 2. The van der Waals surface area contributed by atoms with Crippen molar-refractivity contribution in [3.63, 3.8) is 0 Å². The Morgan fingerprint density at radius 1 is 1.14 bits per heavy atom. The molecular formula is C21H19N3O2S2. The number of aromatic nitrogens is 2. The second-order valence-electron chi connectivity index (χ2n) is 6.55. The van der Waals surface area contributed by atoms with E-state index < -0.39 is 0 Å². The molecule has 7 heteroatoms. The first-order valence-electron chi connectivity index (χ1n) is 8.94. The standard InChI is InChI=1S/C21H19N3O2S2/c1-13(2)20-23-15(12-27-20)11-22-19(25)18-17(14-7-4-3-5-8-14)24-21(28-18)16-9-6-10-26-16/h3-10,12-13H,11H2,1-2H3,(H,22,25). The number of carbonyl (C=O) groups is 1. The van der Waals surface area contributed by atoms with Crippen molar-refractivity contribution in [2.45, 2.75) is 26.3 Å². The van der Waals surface area contributed by atoms with Crippen LogP contribution < -0.4 is 5.32 Å². The van der Waals surface area contributed by atoms with Crippen LogP contribution in [-0.2, 0) is 6.54 Å². The third-order valence-corrected chi connectivity index (χ3v) is 6.37. The van der Waals surface area contributed by atoms with Crippen LogP contribution in [0.15, 0.2) is 58.5 Å². The second-order valence-corrected chi connectivity index (χ2v) is 8.44. The molecule has 0 bridgehead atoms. The van der Waals surface area contributed by atoms with Gasteiger partial charge in [0.15, 0.2) is 10.8 Å². The van der Waals surface area contributed by atoms with Gasteiger partial charge in [0.2, 0.25) is 0 Å². The maximum absolute atomic E-state index is 12.9. The predicted octanol–water partition coefficient (Wildman–Crippen LogP) is 5.58. The predicted molar refractivity (Wildman–Crippen MR) is 113 cm³/mol. The van der Waals surface area contributed by atoms with E-state index in [0.717, 1.165) is 16.3 Å². The minimum Gasteiger partial charge on any atom is -0.462 e. The summed E-state index contributed by atoms with van der Waals surface area (Å²) in [6, 6.07) is 13.4. The summed E-state index contributed by atoms with van der Waals surface area (Å²) < 4.78 is 5.47. The van der Waals surface area contributed by atoms with E-state index in [4.69, 9.17) is 4.42 Å². The van der Waals surface area contributed by atoms with Crippen LogP contribution in [-0.4, -0.2) is 15.9 Å². The van der Waals surface area contributed by atoms with Gasteiger partial charge in [0, 0.05) is 16.9 Å². The Morgan fingerprint density at radius 2 is 1.96 bits per heavy atom. The molecule has 0 atom stereocenters. The molecule has 1 N–H and O–H groups in total. The van der Waals surface area contributed by atoms with Crippen LogP contribution in [0, 0.1) is 0 Å². The van der Waals surface area contributed by atoms with Gasteiger partial charge in [0.05, 0.1) is 29.2 Å². The van der Waals surface area contributed by atoms with Gasteiger partial charge in [-0.2, -0.15) is 0 Å². The number of carbonyl (C=O) groups excluding carboxylic acids is 1. The maximum Gasteiger partial charge on any atom is 0.264 e. The van der Waals surface area contributed by atoms with E-state index in [1.165, 1.54) is 11.3 Å². The van der Waals surface area contributed by atoms with E-state index in [1.807, 2.05) is 47.8 Å². The fraction of sp³-hybridized carbons (Fsp3) is 0.190. The first kappa shape index (κ1) is 18.6. The molecule has 28 heavy (non-hydrogen) atoms. The lowest BCUT2D eigenvalue weighted by Gasteiger charge is -2.04. The van der Waals surface area contributed by atoms with Gasteiger partial charge in [-0.25, -0.2) is 9.97 Å². The SMILES string of the molecule is CC(C)c1nc(CNC(=O)c2sc(-c3ccco3)nc2-c2ccccc2)cs1. The average Bonchev–Trinajstić information content (AvgIpc) is 3.47. The zero-order chi connectivity index (χ0) is 19.5. The van der Waals surface area contributed by atoms with Crippen molar-refractivity contribution in [1.82, 2.24) is 15.3 Å². The van der Waals surface area contributed by atoms with Crippen molar-refractivity contribution in [1.29, 1.82) is 0 Å². The first-order valence-corrected chi connectivity index (χ1v) is 10.6. The average molecular weight is 410 g/mol. The molecule has 0 aliphatic heterocycles. The molecule has 3 aromatic heterocycles. The summed E-state index contributed by atoms with van der Waals surface area (Å²) in [7, 11) is 0. The Balaban J connectivity index is 1.60. The molecule has 0 saturated heterocycles. The number of hydrogen-bond donors (Lipinski definition) is 1. The van der Waals surface area contributed by atoms with Crippen LogP contribution >= 0.6 is 22.7 Å². The van der Waals surface area contributed by atoms with Crippen molar-refractivity contribution in [3.05, 3.63) is 69.7 Å². The molecule has 0 unspecified atom stereocenters. The lowest BCUT2D eigenvalue weighted by Crippen LogP contribution is -2.22. The van der Waals surface area contributed by atoms with Crippen LogP contribution in [0.5, 0.6) is 0 Å². The summed E-state index contributed by atoms with van der Waals surface area (Å²) >= 11 is 2.95. The minimum atomic E-state index is -0.159. The molecule has 0 aliphatic rings. The maximum atomic E-state index is 12.9. The Morgan fingerprint density at radius 3 is 2.64 bits per heavy atom. The minimum absolute atomic E-state index is 0.159. The third-order valence-electron chi connectivity index (χ3n) is 4.11. The smallest absolute Gasteiger partial charge is 0.264 e. The van der Waals surface area contributed by atoms with E-state index in [1.54, 1.807) is 17.6 Å². The Bertz CT molecular complexity index is 1070. The molecule has 0 spiro atoms. The largest absolute Gasteiger partial charge is 0.462 e. The number of furan rings is 1. The highest BCUT2D eigenvalue weighted by Crippen LogP contribution is 2.34. The third kappa shape index (κ3) is 3.90. The molecule has 5 nitrogen and oxygen atoms in total. The highest BCUT2D eigenvalue weighted by Gasteiger charge is 2.21. The van der Waals surface area contributed by atoms with E-state index in [2.05, 4.69) is 29.1 Å². The number of amides is 1. The number of hydrogen-bond acceptors (Lipinski definition) is 6. The van der Waals surface area contributed by atoms with Crippen molar-refractivity contribution in [2.75, 3.05) is 0 Å². The zero-order valence-electron chi connectivity index (χ0n) is 15.5. The van der Waals surface area contributed by atoms with E-state index in [9.17, 15) is 4.79 Å². The molecule has 1 amide bonds. The van der Waals surface area contributed by atoms with E-state index in [-0.39, 0.29) is 5.91 Å². The normalized spacial score (nSPS) is 11.1. The zero-order valence-corrected chi connectivity index (χ0v) is 17.1. The topological polar surface area (TPSA) is 68.0 Å². The number of benzene rings is 1. The quantitative estimate of drug-likeness (QED) is 0.451. The second kappa shape index (κ2) is 8.08. The van der Waals surface area contributed by atoms with E-state index >= 15 is 0 Å². The van der Waals surface area contributed by atoms with Gasteiger partial charge in [0.1, 0.15) is 4.88 Å². The highest BCUT2D eigenvalue weighted by molar-refractivity contribution is 7.17. The van der Waals surface area contributed by atoms with Gasteiger partial charge in [-0.15, -0.1) is 22.7 Å². The van der Waals surface area contributed by atoms with Gasteiger partial charge in [-0.05, 0) is 12.1 Å². The summed E-state index contributed by atoms with van der Waals surface area (Å²) in [5.41, 5.74) is 2.44. The van der Waals surface area contributed by atoms with E-state index in [0.29, 0.717) is 33.8 Å². The molecule has 0 radical (unpaired) electrons. The van der Waals surface area contributed by atoms with Crippen LogP contribution in [0.2, 0.25) is 0 Å². The lowest BCUT2D eigenvalue weighted by molar-refractivity contribution is 0.0955. The first-order chi connectivity index (χ1) is 13.6. The summed E-state index contributed by atoms with van der Waals surface area (Å²) in [6.07, 6.45) is 1.60. The fourth-order valence-electron chi connectivity index (χ4n) is 2.69. The Hall–Kier alpha value is -2.77. The fourth-order valence-corrected chi connectivity index (χ4v) is 4.50. The van der Waals surface area contributed by atoms with Gasteiger partial charge < -0.3 is 9.73 Å². The van der Waals surface area contributed by atoms with Crippen molar-refractivity contribution in [3.8, 4) is 22.0 Å². The molecule has 3 heterocycles. The van der Waals surface area contributed by atoms with Crippen LogP contribution in [0.3, 0.4) is 0 Å². The number of nitrogens with one attached hydrogen (secondary N) is 1. The summed E-state index contributed by atoms with van der Waals surface area (Å²) in [5, 5.41) is 6.74. The van der Waals surface area contributed by atoms with Crippen LogP contribution in [0.1, 0.15) is 40.1 Å². The van der Waals surface area contributed by atoms with Crippen LogP contribution in [0.25, 0.3) is 22.0 Å². The Labute approximate surface area is 171 Å². The number of rotatable bonds is 6. The summed E-state index contributed by atoms with van der Waals surface area (Å²) in [6.45, 7) is 4.62.